The van der Waals surface area contributed by atoms with Gasteiger partial charge in [-0.15, -0.1) is 0 Å². The Morgan fingerprint density at radius 2 is 2.00 bits per heavy atom. The van der Waals surface area contributed by atoms with E-state index >= 15 is 0 Å². The maximum absolute atomic E-state index is 11.7. The third-order valence-electron chi connectivity index (χ3n) is 3.12. The Bertz CT molecular complexity index is 652. The fraction of sp³-hybridized carbons (Fsp3) is 0.571. The Hall–Kier alpha value is -0.870. The van der Waals surface area contributed by atoms with Gasteiger partial charge in [-0.3, -0.25) is 4.79 Å². The molecule has 0 aromatic rings. The van der Waals surface area contributed by atoms with Crippen molar-refractivity contribution in [1.29, 1.82) is 0 Å². The van der Waals surface area contributed by atoms with Crippen LogP contribution in [0.4, 0.5) is 0 Å². The molecule has 0 aromatic carbocycles. The zero-order valence-corrected chi connectivity index (χ0v) is 17.3. The molecular weight excluding hydrogens is 349 g/mol. The second kappa shape index (κ2) is 9.00. The number of carbonyl (C=O) groups is 2. The number of carbonyl (C=O) groups excluding carboxylic acids is 2. The minimum absolute atomic E-state index is 0. The molecular formula is C14H20NNaO7S. The van der Waals surface area contributed by atoms with Crippen LogP contribution in [0.15, 0.2) is 23.6 Å². The topological polar surface area (TPSA) is 113 Å². The van der Waals surface area contributed by atoms with Crippen LogP contribution in [0, 0.1) is 0 Å². The van der Waals surface area contributed by atoms with E-state index in [-0.39, 0.29) is 54.2 Å². The van der Waals surface area contributed by atoms with Crippen molar-refractivity contribution in [1.82, 2.24) is 4.90 Å². The van der Waals surface area contributed by atoms with Gasteiger partial charge in [0.25, 0.3) is 0 Å². The molecule has 1 heterocycles. The molecule has 8 nitrogen and oxygen atoms in total. The Labute approximate surface area is 163 Å². The van der Waals surface area contributed by atoms with Crippen molar-refractivity contribution in [3.63, 3.8) is 0 Å². The Morgan fingerprint density at radius 1 is 1.42 bits per heavy atom. The summed E-state index contributed by atoms with van der Waals surface area (Å²) in [4.78, 5) is 24.5. The van der Waals surface area contributed by atoms with Crippen LogP contribution in [-0.4, -0.2) is 54.3 Å². The van der Waals surface area contributed by atoms with E-state index in [0.29, 0.717) is 0 Å². The van der Waals surface area contributed by atoms with E-state index in [0.717, 1.165) is 0 Å². The number of ether oxygens (including phenoxy) is 2. The van der Waals surface area contributed by atoms with Gasteiger partial charge in [0, 0.05) is 0 Å². The Balaban J connectivity index is 0.00000529. The standard InChI is InChI=1S/C14H21NO7S.Na/c1-5-21-13(17)11(10(2)16)6-7-12-15(9-23(18,19)20)14(3,4)8-22-12;/h6-7H,5,8-9H2,1-4H3,(H,18,19,20);/q;+1/p-1. The number of hydrogen-bond acceptors (Lipinski definition) is 8. The van der Waals surface area contributed by atoms with Crippen molar-refractivity contribution in [2.24, 2.45) is 0 Å². The van der Waals surface area contributed by atoms with Crippen molar-refractivity contribution in [3.8, 4) is 0 Å². The van der Waals surface area contributed by atoms with E-state index < -0.39 is 33.3 Å². The van der Waals surface area contributed by atoms with Crippen LogP contribution in [0.25, 0.3) is 0 Å². The first-order valence-corrected chi connectivity index (χ1v) is 8.49. The monoisotopic (exact) mass is 369 g/mol. The smallest absolute Gasteiger partial charge is 0.747 e. The number of esters is 1. The first-order valence-electron chi connectivity index (χ1n) is 6.92. The quantitative estimate of drug-likeness (QED) is 0.126. The van der Waals surface area contributed by atoms with Crippen molar-refractivity contribution in [2.45, 2.75) is 33.2 Å². The predicted octanol–water partition coefficient (Wildman–Crippen LogP) is -2.48. The molecule has 0 unspecified atom stereocenters. The molecule has 10 heteroatoms. The van der Waals surface area contributed by atoms with Crippen molar-refractivity contribution in [2.75, 3.05) is 19.1 Å². The zero-order valence-electron chi connectivity index (χ0n) is 14.5. The Morgan fingerprint density at radius 3 is 2.46 bits per heavy atom. The first-order chi connectivity index (χ1) is 10.5. The summed E-state index contributed by atoms with van der Waals surface area (Å²) in [5.41, 5.74) is -0.908. The molecule has 0 aliphatic carbocycles. The van der Waals surface area contributed by atoms with Gasteiger partial charge in [0.1, 0.15) is 28.2 Å². The van der Waals surface area contributed by atoms with Gasteiger partial charge < -0.3 is 18.9 Å². The van der Waals surface area contributed by atoms with E-state index in [2.05, 4.69) is 0 Å². The molecule has 0 aromatic heterocycles. The largest absolute Gasteiger partial charge is 1.00 e. The molecule has 1 fully saturated rings. The van der Waals surface area contributed by atoms with E-state index in [1.807, 2.05) is 0 Å². The average Bonchev–Trinajstić information content (AvgIpc) is 2.64. The maximum Gasteiger partial charge on any atom is 1.00 e. The van der Waals surface area contributed by atoms with Crippen LogP contribution in [0.3, 0.4) is 0 Å². The van der Waals surface area contributed by atoms with Gasteiger partial charge in [-0.2, -0.15) is 0 Å². The number of rotatable bonds is 6. The van der Waals surface area contributed by atoms with Gasteiger partial charge in [0.2, 0.25) is 0 Å². The molecule has 1 aliphatic rings. The number of allylic oxidation sites excluding steroid dienone is 2. The van der Waals surface area contributed by atoms with Gasteiger partial charge in [-0.05, 0) is 39.8 Å². The molecule has 0 radical (unpaired) electrons. The number of ketones is 1. The van der Waals surface area contributed by atoms with E-state index in [9.17, 15) is 22.6 Å². The molecule has 1 aliphatic heterocycles. The van der Waals surface area contributed by atoms with Crippen molar-refractivity contribution < 1.29 is 61.6 Å². The van der Waals surface area contributed by atoms with Crippen LogP contribution >= 0.6 is 0 Å². The van der Waals surface area contributed by atoms with Crippen molar-refractivity contribution in [3.05, 3.63) is 23.6 Å². The van der Waals surface area contributed by atoms with Gasteiger partial charge in [-0.1, -0.05) is 0 Å². The molecule has 0 N–H and O–H groups in total. The number of hydrogen-bond donors (Lipinski definition) is 0. The molecule has 0 saturated carbocycles. The molecule has 0 spiro atoms. The summed E-state index contributed by atoms with van der Waals surface area (Å²) in [7, 11) is -4.52. The van der Waals surface area contributed by atoms with Gasteiger partial charge >= 0.3 is 35.5 Å². The minimum atomic E-state index is -4.52. The molecule has 1 saturated heterocycles. The second-order valence-corrected chi connectivity index (χ2v) is 6.95. The summed E-state index contributed by atoms with van der Waals surface area (Å²) in [6, 6.07) is 0. The summed E-state index contributed by atoms with van der Waals surface area (Å²) >= 11 is 0. The van der Waals surface area contributed by atoms with Crippen molar-refractivity contribution >= 4 is 21.9 Å². The third-order valence-corrected chi connectivity index (χ3v) is 3.70. The van der Waals surface area contributed by atoms with Crippen LogP contribution in [-0.2, 0) is 29.2 Å². The first kappa shape index (κ1) is 23.1. The van der Waals surface area contributed by atoms with Crippen LogP contribution in [0.1, 0.15) is 27.7 Å². The number of nitrogens with zero attached hydrogens (tertiary/aromatic N) is 1. The van der Waals surface area contributed by atoms with Crippen LogP contribution in [0.2, 0.25) is 0 Å². The zero-order chi connectivity index (χ0) is 17.8. The second-order valence-electron chi connectivity index (χ2n) is 5.58. The minimum Gasteiger partial charge on any atom is -0.747 e. The summed E-state index contributed by atoms with van der Waals surface area (Å²) in [5.74, 6) is -1.95. The molecule has 0 amide bonds. The van der Waals surface area contributed by atoms with Crippen LogP contribution < -0.4 is 29.6 Å². The summed E-state index contributed by atoms with van der Waals surface area (Å²) < 4.78 is 43.3. The predicted molar refractivity (Wildman–Crippen MR) is 79.9 cm³/mol. The van der Waals surface area contributed by atoms with Gasteiger partial charge in [-0.25, -0.2) is 13.2 Å². The van der Waals surface area contributed by atoms with E-state index in [1.165, 1.54) is 24.0 Å². The van der Waals surface area contributed by atoms with Gasteiger partial charge in [0.05, 0.1) is 12.1 Å². The maximum atomic E-state index is 11.7. The SMILES string of the molecule is CCOC(=O)C(=CC=C1OCC(C)(C)N1CS(=O)(=O)[O-])C(C)=O.[Na+]. The fourth-order valence-electron chi connectivity index (χ4n) is 1.93. The Kier molecular flexibility index (Phi) is 8.68. The summed E-state index contributed by atoms with van der Waals surface area (Å²) in [6.45, 7) is 6.51. The molecule has 1 rings (SSSR count). The summed E-state index contributed by atoms with van der Waals surface area (Å²) in [5, 5.41) is 0. The average molecular weight is 369 g/mol. The molecule has 130 valence electrons. The van der Waals surface area contributed by atoms with Gasteiger partial charge in [0.15, 0.2) is 11.7 Å². The van der Waals surface area contributed by atoms with E-state index in [4.69, 9.17) is 9.47 Å². The molecule has 24 heavy (non-hydrogen) atoms. The molecule has 0 atom stereocenters. The molecule has 0 bridgehead atoms. The number of Topliss-reactive ketones (excluding diaryl/α,β-unsaturated/α-hetero) is 1. The third kappa shape index (κ3) is 6.56. The fourth-order valence-corrected chi connectivity index (χ4v) is 2.72. The van der Waals surface area contributed by atoms with E-state index in [1.54, 1.807) is 20.8 Å². The van der Waals surface area contributed by atoms with Crippen LogP contribution in [0.5, 0.6) is 0 Å². The summed E-state index contributed by atoms with van der Waals surface area (Å²) in [6.07, 6.45) is 2.48. The normalized spacial score (nSPS) is 18.8.